The summed E-state index contributed by atoms with van der Waals surface area (Å²) in [5.74, 6) is 2.14. The number of aryl methyl sites for hydroxylation is 2. The smallest absolute Gasteiger partial charge is 0.347 e. The third kappa shape index (κ3) is 25.0. The number of ether oxygens (including phenoxy) is 8. The maximum absolute atomic E-state index is 11.5. The van der Waals surface area contributed by atoms with E-state index in [0.29, 0.717) is 49.8 Å². The molecule has 4 rings (SSSR count). The van der Waals surface area contributed by atoms with Gasteiger partial charge in [-0.2, -0.15) is 0 Å². The highest BCUT2D eigenvalue weighted by Gasteiger charge is 2.19. The molecule has 16 heteroatoms. The third-order valence-electron chi connectivity index (χ3n) is 9.50. The molecule has 0 spiro atoms. The monoisotopic (exact) mass is 1040 g/mol. The Morgan fingerprint density at radius 1 is 0.429 bits per heavy atom. The fraction of sp³-hybridized carbons (Fsp3) is 0.481. The normalized spacial score (nSPS) is 11.2. The quantitative estimate of drug-likeness (QED) is 0.0338. The molecular formula is C54H76O12S4. The van der Waals surface area contributed by atoms with Crippen molar-refractivity contribution in [2.24, 2.45) is 0 Å². The van der Waals surface area contributed by atoms with E-state index in [-0.39, 0.29) is 37.1 Å². The summed E-state index contributed by atoms with van der Waals surface area (Å²) in [4.78, 5) is 49.0. The zero-order chi connectivity index (χ0) is 52.8. The summed E-state index contributed by atoms with van der Waals surface area (Å²) in [7, 11) is 0. The number of carbonyl (C=O) groups excluding carboxylic acids is 4. The van der Waals surface area contributed by atoms with Crippen molar-refractivity contribution in [3.63, 3.8) is 0 Å². The van der Waals surface area contributed by atoms with E-state index >= 15 is 0 Å². The summed E-state index contributed by atoms with van der Waals surface area (Å²) >= 11 is 17.2. The molecule has 0 N–H and O–H groups in total. The Kier molecular flexibility index (Phi) is 32.1. The van der Waals surface area contributed by atoms with E-state index in [9.17, 15) is 19.2 Å². The van der Waals surface area contributed by atoms with Crippen LogP contribution in [0.25, 0.3) is 0 Å². The molecule has 2 atom stereocenters. The van der Waals surface area contributed by atoms with Crippen LogP contribution in [0.2, 0.25) is 0 Å². The van der Waals surface area contributed by atoms with Gasteiger partial charge in [-0.15, -0.1) is 50.5 Å². The molecule has 388 valence electrons. The van der Waals surface area contributed by atoms with Crippen LogP contribution in [0, 0.1) is 0 Å². The Morgan fingerprint density at radius 3 is 1.16 bits per heavy atom. The van der Waals surface area contributed by atoms with Gasteiger partial charge in [-0.1, -0.05) is 54.4 Å². The largest absolute Gasteiger partial charge is 0.482 e. The van der Waals surface area contributed by atoms with Gasteiger partial charge in [-0.3, -0.25) is 0 Å². The molecule has 12 nitrogen and oxygen atoms in total. The molecule has 2 unspecified atom stereocenters. The summed E-state index contributed by atoms with van der Waals surface area (Å²) in [6.07, 6.45) is 2.65. The maximum Gasteiger partial charge on any atom is 0.347 e. The molecule has 0 saturated carbocycles. The van der Waals surface area contributed by atoms with Gasteiger partial charge >= 0.3 is 23.9 Å². The molecule has 4 aromatic carbocycles. The van der Waals surface area contributed by atoms with Crippen molar-refractivity contribution in [1.29, 1.82) is 0 Å². The second-order valence-corrected chi connectivity index (χ2v) is 18.1. The minimum absolute atomic E-state index is 0.0452. The van der Waals surface area contributed by atoms with Gasteiger partial charge in [-0.25, -0.2) is 19.2 Å². The van der Waals surface area contributed by atoms with Crippen LogP contribution in [0.3, 0.4) is 0 Å². The SMILES string of the molecule is CCCc1cc(S)ccc1OC(C)C(=O)OCC.CCCc1cc(S)ccc1OCC(=O)OCC.CCOC(=O)C(C)Oc1ccc(S)cc1C(C)C.CCOC(=O)COc1ccc(S)cc1C(C)C. The number of hydrogen-bond acceptors (Lipinski definition) is 16. The summed E-state index contributed by atoms with van der Waals surface area (Å²) in [5.41, 5.74) is 4.23. The molecule has 0 aliphatic rings. The second kappa shape index (κ2) is 35.5. The van der Waals surface area contributed by atoms with Crippen LogP contribution in [0.15, 0.2) is 92.4 Å². The van der Waals surface area contributed by atoms with E-state index in [1.807, 2.05) is 72.8 Å². The molecule has 0 radical (unpaired) electrons. The molecule has 0 fully saturated rings. The topological polar surface area (TPSA) is 142 Å². The lowest BCUT2D eigenvalue weighted by Crippen LogP contribution is -2.26. The van der Waals surface area contributed by atoms with Crippen LogP contribution in [-0.2, 0) is 51.0 Å². The van der Waals surface area contributed by atoms with E-state index in [1.54, 1.807) is 41.5 Å². The van der Waals surface area contributed by atoms with Crippen LogP contribution in [0.4, 0.5) is 0 Å². The number of rotatable bonds is 22. The van der Waals surface area contributed by atoms with Gasteiger partial charge in [0.15, 0.2) is 25.4 Å². The van der Waals surface area contributed by atoms with Crippen molar-refractivity contribution in [2.45, 2.75) is 152 Å². The minimum atomic E-state index is -0.604. The number of benzene rings is 4. The van der Waals surface area contributed by atoms with E-state index in [0.717, 1.165) is 79.0 Å². The van der Waals surface area contributed by atoms with Crippen LogP contribution in [0.5, 0.6) is 23.0 Å². The molecule has 0 aliphatic carbocycles. The molecule has 0 aromatic heterocycles. The maximum atomic E-state index is 11.5. The van der Waals surface area contributed by atoms with Crippen LogP contribution < -0.4 is 18.9 Å². The van der Waals surface area contributed by atoms with Crippen LogP contribution >= 0.6 is 50.5 Å². The third-order valence-corrected chi connectivity index (χ3v) is 10.6. The van der Waals surface area contributed by atoms with Gasteiger partial charge in [0, 0.05) is 19.6 Å². The first-order chi connectivity index (χ1) is 33.2. The Morgan fingerprint density at radius 2 is 0.757 bits per heavy atom. The molecule has 0 amide bonds. The first-order valence-electron chi connectivity index (χ1n) is 23.8. The lowest BCUT2D eigenvalue weighted by Gasteiger charge is -2.18. The molecule has 0 heterocycles. The number of hydrogen-bond donors (Lipinski definition) is 4. The highest BCUT2D eigenvalue weighted by molar-refractivity contribution is 7.80. The lowest BCUT2D eigenvalue weighted by atomic mass is 10.0. The standard InChI is InChI=1S/2C14H20O3S.2C13H18O3S/c1-5-16-14(15)10(4)17-13-7-6-11(18)8-12(13)9(2)3;1-4-6-11-9-12(18)7-8-13(11)17-10(3)14(15)16-5-2;1-4-15-13(14)8-16-12-6-5-10(17)7-11(12)9(2)3;1-3-5-10-8-11(17)6-7-12(10)16-9-13(14)15-4-2/h6-10,18H,5H2,1-4H3;7-10,18H,4-6H2,1-3H3;5-7,9,17H,4,8H2,1-3H3;6-8,17H,3-5,9H2,1-2H3. The number of esters is 4. The summed E-state index contributed by atoms with van der Waals surface area (Å²) in [6, 6.07) is 22.6. The Hall–Kier alpha value is -4.64. The van der Waals surface area contributed by atoms with Crippen LogP contribution in [-0.4, -0.2) is 75.7 Å². The van der Waals surface area contributed by atoms with E-state index in [4.69, 9.17) is 37.9 Å². The average Bonchev–Trinajstić information content (AvgIpc) is 3.31. The molecular weight excluding hydrogens is 969 g/mol. The Labute approximate surface area is 439 Å². The average molecular weight is 1050 g/mol. The molecule has 0 aliphatic heterocycles. The molecule has 4 aromatic rings. The molecule has 0 bridgehead atoms. The number of carbonyl (C=O) groups is 4. The summed E-state index contributed by atoms with van der Waals surface area (Å²) < 4.78 is 41.7. The first kappa shape index (κ1) is 63.4. The zero-order valence-corrected chi connectivity index (χ0v) is 46.6. The van der Waals surface area contributed by atoms with Gasteiger partial charge in [0.25, 0.3) is 0 Å². The first-order valence-corrected chi connectivity index (χ1v) is 25.6. The minimum Gasteiger partial charge on any atom is -0.482 e. The summed E-state index contributed by atoms with van der Waals surface area (Å²) in [5, 5.41) is 0. The van der Waals surface area contributed by atoms with Crippen molar-refractivity contribution in [3.8, 4) is 23.0 Å². The Bertz CT molecular complexity index is 2200. The Balaban J connectivity index is 0.000000467. The van der Waals surface area contributed by atoms with Crippen molar-refractivity contribution >= 4 is 74.4 Å². The predicted octanol–water partition coefficient (Wildman–Crippen LogP) is 12.6. The van der Waals surface area contributed by atoms with E-state index < -0.39 is 12.2 Å². The van der Waals surface area contributed by atoms with Crippen molar-refractivity contribution in [2.75, 3.05) is 39.6 Å². The van der Waals surface area contributed by atoms with Crippen molar-refractivity contribution in [1.82, 2.24) is 0 Å². The van der Waals surface area contributed by atoms with E-state index in [1.165, 1.54) is 0 Å². The van der Waals surface area contributed by atoms with E-state index in [2.05, 4.69) is 92.1 Å². The van der Waals surface area contributed by atoms with Gasteiger partial charge in [-0.05, 0) is 161 Å². The summed E-state index contributed by atoms with van der Waals surface area (Å²) in [6.45, 7) is 24.3. The van der Waals surface area contributed by atoms with Crippen LogP contribution in [0.1, 0.15) is 130 Å². The van der Waals surface area contributed by atoms with Crippen molar-refractivity contribution < 1.29 is 57.1 Å². The van der Waals surface area contributed by atoms with Crippen molar-refractivity contribution in [3.05, 3.63) is 95.1 Å². The number of thiol groups is 4. The lowest BCUT2D eigenvalue weighted by molar-refractivity contribution is -0.151. The highest BCUT2D eigenvalue weighted by atomic mass is 32.1. The van der Waals surface area contributed by atoms with Gasteiger partial charge in [0.1, 0.15) is 23.0 Å². The predicted molar refractivity (Wildman–Crippen MR) is 289 cm³/mol. The molecule has 0 saturated heterocycles. The van der Waals surface area contributed by atoms with Gasteiger partial charge in [0.2, 0.25) is 0 Å². The molecule has 70 heavy (non-hydrogen) atoms. The fourth-order valence-corrected chi connectivity index (χ4v) is 7.09. The zero-order valence-electron chi connectivity index (χ0n) is 43.0. The van der Waals surface area contributed by atoms with Gasteiger partial charge < -0.3 is 37.9 Å². The second-order valence-electron chi connectivity index (χ2n) is 16.0. The van der Waals surface area contributed by atoms with Gasteiger partial charge in [0.05, 0.1) is 26.4 Å². The fourth-order valence-electron chi connectivity index (χ4n) is 6.20. The highest BCUT2D eigenvalue weighted by Crippen LogP contribution is 2.31.